The van der Waals surface area contributed by atoms with E-state index in [4.69, 9.17) is 5.26 Å². The summed E-state index contributed by atoms with van der Waals surface area (Å²) in [7, 11) is 0. The van der Waals surface area contributed by atoms with E-state index in [2.05, 4.69) is 0 Å². The van der Waals surface area contributed by atoms with Crippen molar-refractivity contribution in [3.8, 4) is 6.07 Å². The van der Waals surface area contributed by atoms with E-state index in [1.54, 1.807) is 0 Å². The molecule has 0 aromatic heterocycles. The van der Waals surface area contributed by atoms with Crippen LogP contribution in [0, 0.1) is 18.3 Å². The fourth-order valence-electron chi connectivity index (χ4n) is 1.07. The van der Waals surface area contributed by atoms with Crippen molar-refractivity contribution in [3.63, 3.8) is 0 Å². The average molecular weight is 173 g/mol. The summed E-state index contributed by atoms with van der Waals surface area (Å²) in [5.74, 6) is 0.0614. The minimum absolute atomic E-state index is 0.0614. The van der Waals surface area contributed by atoms with Crippen LogP contribution in [0.25, 0.3) is 5.57 Å². The van der Waals surface area contributed by atoms with E-state index in [0.29, 0.717) is 5.57 Å². The van der Waals surface area contributed by atoms with Gasteiger partial charge in [-0.25, -0.2) is 0 Å². The molecular formula is C11H11NO. The van der Waals surface area contributed by atoms with Crippen LogP contribution in [-0.4, -0.2) is 5.11 Å². The first-order chi connectivity index (χ1) is 6.15. The maximum absolute atomic E-state index is 9.19. The highest BCUT2D eigenvalue weighted by Gasteiger charge is 2.03. The molecule has 1 aromatic rings. The van der Waals surface area contributed by atoms with E-state index in [1.165, 1.54) is 6.92 Å². The fourth-order valence-corrected chi connectivity index (χ4v) is 1.07. The van der Waals surface area contributed by atoms with E-state index in [9.17, 15) is 5.11 Å². The number of allylic oxidation sites excluding steroid dienone is 2. The molecule has 0 spiro atoms. The lowest BCUT2D eigenvalue weighted by molar-refractivity contribution is 0.418. The molecule has 1 aromatic carbocycles. The first-order valence-corrected chi connectivity index (χ1v) is 4.02. The first kappa shape index (κ1) is 9.34. The van der Waals surface area contributed by atoms with Crippen molar-refractivity contribution < 1.29 is 5.11 Å². The van der Waals surface area contributed by atoms with E-state index < -0.39 is 0 Å². The minimum atomic E-state index is 0.0614. The Hall–Kier alpha value is -1.75. The van der Waals surface area contributed by atoms with Crippen LogP contribution >= 0.6 is 0 Å². The Kier molecular flexibility index (Phi) is 2.71. The number of rotatable bonds is 1. The first-order valence-electron chi connectivity index (χ1n) is 4.02. The molecule has 0 fully saturated rings. The van der Waals surface area contributed by atoms with Gasteiger partial charge in [-0.3, -0.25) is 0 Å². The summed E-state index contributed by atoms with van der Waals surface area (Å²) in [6.07, 6.45) is 0. The molecular weight excluding hydrogens is 162 g/mol. The SMILES string of the molecule is C/C(O)=C(/C#N)c1ccc(C)cc1. The van der Waals surface area contributed by atoms with E-state index in [0.717, 1.165) is 11.1 Å². The zero-order valence-corrected chi connectivity index (χ0v) is 7.70. The molecule has 0 atom stereocenters. The molecule has 0 saturated carbocycles. The molecule has 1 rings (SSSR count). The number of benzene rings is 1. The van der Waals surface area contributed by atoms with Crippen molar-refractivity contribution in [3.05, 3.63) is 41.2 Å². The van der Waals surface area contributed by atoms with Gasteiger partial charge < -0.3 is 5.11 Å². The van der Waals surface area contributed by atoms with Gasteiger partial charge in [0.2, 0.25) is 0 Å². The Morgan fingerprint density at radius 2 is 1.85 bits per heavy atom. The third kappa shape index (κ3) is 2.09. The number of aliphatic hydroxyl groups excluding tert-OH is 1. The van der Waals surface area contributed by atoms with Crippen molar-refractivity contribution in [1.82, 2.24) is 0 Å². The van der Waals surface area contributed by atoms with Crippen molar-refractivity contribution in [1.29, 1.82) is 5.26 Å². The summed E-state index contributed by atoms with van der Waals surface area (Å²) in [4.78, 5) is 0. The number of nitrogens with zero attached hydrogens (tertiary/aromatic N) is 1. The van der Waals surface area contributed by atoms with E-state index in [1.807, 2.05) is 37.3 Å². The van der Waals surface area contributed by atoms with E-state index in [-0.39, 0.29) is 5.76 Å². The summed E-state index contributed by atoms with van der Waals surface area (Å²) in [5, 5.41) is 17.9. The Bertz CT molecular complexity index is 364. The van der Waals surface area contributed by atoms with Crippen LogP contribution in [0.2, 0.25) is 0 Å². The third-order valence-electron chi connectivity index (χ3n) is 1.81. The molecule has 0 aliphatic heterocycles. The monoisotopic (exact) mass is 173 g/mol. The van der Waals surface area contributed by atoms with Crippen molar-refractivity contribution in [2.45, 2.75) is 13.8 Å². The molecule has 0 radical (unpaired) electrons. The van der Waals surface area contributed by atoms with Crippen LogP contribution in [0.3, 0.4) is 0 Å². The highest BCUT2D eigenvalue weighted by Crippen LogP contribution is 2.16. The molecule has 66 valence electrons. The lowest BCUT2D eigenvalue weighted by atomic mass is 10.0. The van der Waals surface area contributed by atoms with Gasteiger partial charge in [-0.05, 0) is 19.4 Å². The summed E-state index contributed by atoms with van der Waals surface area (Å²) in [6, 6.07) is 9.45. The van der Waals surface area contributed by atoms with Crippen LogP contribution in [-0.2, 0) is 0 Å². The Balaban J connectivity index is 3.17. The summed E-state index contributed by atoms with van der Waals surface area (Å²) in [5.41, 5.74) is 2.23. The Morgan fingerprint density at radius 3 is 2.23 bits per heavy atom. The van der Waals surface area contributed by atoms with Gasteiger partial charge in [0.05, 0.1) is 5.57 Å². The lowest BCUT2D eigenvalue weighted by Crippen LogP contribution is -1.86. The average Bonchev–Trinajstić information content (AvgIpc) is 2.09. The highest BCUT2D eigenvalue weighted by molar-refractivity contribution is 5.77. The number of aryl methyl sites for hydroxylation is 1. The second kappa shape index (κ2) is 3.77. The normalized spacial score (nSPS) is 11.8. The smallest absolute Gasteiger partial charge is 0.107 e. The highest BCUT2D eigenvalue weighted by atomic mass is 16.3. The standard InChI is InChI=1S/C11H11NO/c1-8-3-5-10(6-4-8)11(7-12)9(2)13/h3-6,13H,1-2H3/b11-9+. The second-order valence-electron chi connectivity index (χ2n) is 2.94. The van der Waals surface area contributed by atoms with Crippen molar-refractivity contribution in [2.75, 3.05) is 0 Å². The van der Waals surface area contributed by atoms with Crippen molar-refractivity contribution in [2.24, 2.45) is 0 Å². The molecule has 0 aliphatic rings. The van der Waals surface area contributed by atoms with Gasteiger partial charge in [0, 0.05) is 0 Å². The van der Waals surface area contributed by atoms with Crippen LogP contribution in [0.5, 0.6) is 0 Å². The summed E-state index contributed by atoms with van der Waals surface area (Å²) in [6.45, 7) is 3.49. The summed E-state index contributed by atoms with van der Waals surface area (Å²) >= 11 is 0. The molecule has 0 unspecified atom stereocenters. The fraction of sp³-hybridized carbons (Fsp3) is 0.182. The quantitative estimate of drug-likeness (QED) is 0.524. The molecule has 0 amide bonds. The van der Waals surface area contributed by atoms with Gasteiger partial charge in [-0.2, -0.15) is 5.26 Å². The van der Waals surface area contributed by atoms with E-state index >= 15 is 0 Å². The largest absolute Gasteiger partial charge is 0.511 e. The predicted octanol–water partition coefficient (Wildman–Crippen LogP) is 2.81. The molecule has 2 nitrogen and oxygen atoms in total. The molecule has 1 N–H and O–H groups in total. The second-order valence-corrected chi connectivity index (χ2v) is 2.94. The lowest BCUT2D eigenvalue weighted by Gasteiger charge is -2.00. The molecule has 0 heterocycles. The zero-order chi connectivity index (χ0) is 9.84. The number of aliphatic hydroxyl groups is 1. The van der Waals surface area contributed by atoms with Gasteiger partial charge in [0.15, 0.2) is 0 Å². The number of hydrogen-bond donors (Lipinski definition) is 1. The van der Waals surface area contributed by atoms with Gasteiger partial charge in [0.1, 0.15) is 11.8 Å². The van der Waals surface area contributed by atoms with Gasteiger partial charge in [-0.1, -0.05) is 29.8 Å². The summed E-state index contributed by atoms with van der Waals surface area (Å²) < 4.78 is 0. The molecule has 13 heavy (non-hydrogen) atoms. The van der Waals surface area contributed by atoms with Crippen LogP contribution < -0.4 is 0 Å². The predicted molar refractivity (Wildman–Crippen MR) is 52.0 cm³/mol. The minimum Gasteiger partial charge on any atom is -0.511 e. The molecule has 0 aliphatic carbocycles. The van der Waals surface area contributed by atoms with Crippen LogP contribution in [0.4, 0.5) is 0 Å². The number of hydrogen-bond acceptors (Lipinski definition) is 2. The molecule has 2 heteroatoms. The van der Waals surface area contributed by atoms with Crippen LogP contribution in [0.1, 0.15) is 18.1 Å². The van der Waals surface area contributed by atoms with Crippen molar-refractivity contribution >= 4 is 5.57 Å². The van der Waals surface area contributed by atoms with Gasteiger partial charge >= 0.3 is 0 Å². The molecule has 0 bridgehead atoms. The Morgan fingerprint density at radius 1 is 1.31 bits per heavy atom. The molecule has 0 saturated heterocycles. The van der Waals surface area contributed by atoms with Gasteiger partial charge in [0.25, 0.3) is 0 Å². The topological polar surface area (TPSA) is 44.0 Å². The zero-order valence-electron chi connectivity index (χ0n) is 7.70. The Labute approximate surface area is 77.8 Å². The van der Waals surface area contributed by atoms with Crippen LogP contribution in [0.15, 0.2) is 30.0 Å². The van der Waals surface area contributed by atoms with Gasteiger partial charge in [-0.15, -0.1) is 0 Å². The maximum atomic E-state index is 9.19. The maximum Gasteiger partial charge on any atom is 0.107 e. The third-order valence-corrected chi connectivity index (χ3v) is 1.81. The number of nitriles is 1.